The number of amides is 1. The second-order valence-corrected chi connectivity index (χ2v) is 7.39. The number of aliphatic hydroxyl groups excluding tert-OH is 1. The minimum atomic E-state index is -0.945. The van der Waals surface area contributed by atoms with Crippen molar-refractivity contribution in [3.05, 3.63) is 94.3 Å². The fourth-order valence-corrected chi connectivity index (χ4v) is 3.75. The van der Waals surface area contributed by atoms with Gasteiger partial charge in [0.05, 0.1) is 17.3 Å². The zero-order valence-electron chi connectivity index (χ0n) is 15.9. The number of ketones is 1. The zero-order valence-corrected chi connectivity index (χ0v) is 16.7. The number of Topliss-reactive ketones (excluding diaryl/α,β-unsaturated/α-hetero) is 1. The van der Waals surface area contributed by atoms with Gasteiger partial charge in [-0.15, -0.1) is 0 Å². The Morgan fingerprint density at radius 2 is 1.80 bits per heavy atom. The number of rotatable bonds is 3. The fraction of sp³-hybridized carbons (Fsp3) is 0.0870. The predicted octanol–water partition coefficient (Wildman–Crippen LogP) is 4.38. The molecule has 3 aromatic rings. The SMILES string of the molecule is Cc1ccc(O)c(N2C(=O)C(=O)/C(=C(/O)c3cccc(Cl)c3)C2c2ccncc2)c1. The third-order valence-electron chi connectivity index (χ3n) is 4.95. The molecule has 0 saturated carbocycles. The minimum Gasteiger partial charge on any atom is -0.507 e. The largest absolute Gasteiger partial charge is 0.507 e. The smallest absolute Gasteiger partial charge is 0.300 e. The van der Waals surface area contributed by atoms with Crippen molar-refractivity contribution in [2.24, 2.45) is 0 Å². The number of carbonyl (C=O) groups is 2. The van der Waals surface area contributed by atoms with E-state index in [1.54, 1.807) is 42.5 Å². The predicted molar refractivity (Wildman–Crippen MR) is 113 cm³/mol. The monoisotopic (exact) mass is 420 g/mol. The van der Waals surface area contributed by atoms with Crippen molar-refractivity contribution in [2.45, 2.75) is 13.0 Å². The Bertz CT molecular complexity index is 1190. The van der Waals surface area contributed by atoms with Crippen molar-refractivity contribution in [1.29, 1.82) is 0 Å². The first-order chi connectivity index (χ1) is 14.4. The highest BCUT2D eigenvalue weighted by atomic mass is 35.5. The molecule has 7 heteroatoms. The zero-order chi connectivity index (χ0) is 21.4. The number of hydrogen-bond acceptors (Lipinski definition) is 5. The van der Waals surface area contributed by atoms with Crippen molar-refractivity contribution < 1.29 is 19.8 Å². The molecule has 0 spiro atoms. The lowest BCUT2D eigenvalue weighted by Gasteiger charge is -2.26. The molecule has 1 aliphatic rings. The second-order valence-electron chi connectivity index (χ2n) is 6.95. The maximum absolute atomic E-state index is 13.0. The van der Waals surface area contributed by atoms with Crippen molar-refractivity contribution in [2.75, 3.05) is 4.90 Å². The van der Waals surface area contributed by atoms with Gasteiger partial charge in [-0.25, -0.2) is 0 Å². The lowest BCUT2D eigenvalue weighted by atomic mass is 9.95. The molecule has 1 atom stereocenters. The van der Waals surface area contributed by atoms with Crippen LogP contribution in [0.5, 0.6) is 5.75 Å². The highest BCUT2D eigenvalue weighted by Gasteiger charge is 2.47. The summed E-state index contributed by atoms with van der Waals surface area (Å²) in [4.78, 5) is 31.3. The summed E-state index contributed by atoms with van der Waals surface area (Å²) in [5.74, 6) is -2.19. The summed E-state index contributed by atoms with van der Waals surface area (Å²) < 4.78 is 0. The Morgan fingerprint density at radius 3 is 2.50 bits per heavy atom. The standard InChI is InChI=1S/C23H17ClN2O4/c1-13-5-6-18(27)17(11-13)26-20(14-7-9-25-10-8-14)19(22(29)23(26)30)21(28)15-3-2-4-16(24)12-15/h2-12,20,27-28H,1H3/b21-19+. The van der Waals surface area contributed by atoms with Crippen molar-refractivity contribution in [3.63, 3.8) is 0 Å². The molecule has 1 aliphatic heterocycles. The first kappa shape index (κ1) is 19.7. The lowest BCUT2D eigenvalue weighted by Crippen LogP contribution is -2.29. The van der Waals surface area contributed by atoms with E-state index in [0.29, 0.717) is 16.1 Å². The number of phenolic OH excluding ortho intramolecular Hbond substituents is 1. The van der Waals surface area contributed by atoms with Crippen molar-refractivity contribution in [3.8, 4) is 5.75 Å². The van der Waals surface area contributed by atoms with E-state index in [-0.39, 0.29) is 22.8 Å². The van der Waals surface area contributed by atoms with Crippen molar-refractivity contribution in [1.82, 2.24) is 4.98 Å². The van der Waals surface area contributed by atoms with Crippen molar-refractivity contribution >= 4 is 34.7 Å². The van der Waals surface area contributed by atoms with Gasteiger partial charge in [0.1, 0.15) is 11.5 Å². The van der Waals surface area contributed by atoms with Crippen LogP contribution in [0.4, 0.5) is 5.69 Å². The van der Waals surface area contributed by atoms with Crippen LogP contribution in [0, 0.1) is 6.92 Å². The van der Waals surface area contributed by atoms with Crippen LogP contribution in [0.3, 0.4) is 0 Å². The molecule has 30 heavy (non-hydrogen) atoms. The summed E-state index contributed by atoms with van der Waals surface area (Å²) in [6.07, 6.45) is 3.07. The van der Waals surface area contributed by atoms with Crippen LogP contribution in [0.25, 0.3) is 5.76 Å². The quantitative estimate of drug-likeness (QED) is 0.373. The van der Waals surface area contributed by atoms with Gasteiger partial charge in [-0.1, -0.05) is 29.8 Å². The van der Waals surface area contributed by atoms with Crippen LogP contribution < -0.4 is 4.90 Å². The molecule has 0 aliphatic carbocycles. The number of aromatic nitrogens is 1. The maximum atomic E-state index is 13.0. The molecule has 2 aromatic carbocycles. The molecule has 1 fully saturated rings. The second kappa shape index (κ2) is 7.65. The topological polar surface area (TPSA) is 90.7 Å². The number of pyridine rings is 1. The summed E-state index contributed by atoms with van der Waals surface area (Å²) in [7, 11) is 0. The van der Waals surface area contributed by atoms with Crippen LogP contribution in [0.15, 0.2) is 72.6 Å². The number of aryl methyl sites for hydroxylation is 1. The van der Waals surface area contributed by atoms with E-state index in [0.717, 1.165) is 5.56 Å². The molecule has 1 unspecified atom stereocenters. The molecule has 2 N–H and O–H groups in total. The normalized spacial score (nSPS) is 18.1. The maximum Gasteiger partial charge on any atom is 0.300 e. The number of hydrogen-bond donors (Lipinski definition) is 2. The summed E-state index contributed by atoms with van der Waals surface area (Å²) in [6.45, 7) is 1.81. The van der Waals surface area contributed by atoms with Gasteiger partial charge in [0.2, 0.25) is 0 Å². The van der Waals surface area contributed by atoms with Crippen LogP contribution in [0.2, 0.25) is 5.02 Å². The van der Waals surface area contributed by atoms with Gasteiger partial charge in [0, 0.05) is 23.0 Å². The Balaban J connectivity index is 1.99. The number of benzene rings is 2. The number of carbonyl (C=O) groups excluding carboxylic acids is 2. The average molecular weight is 421 g/mol. The van der Waals surface area contributed by atoms with E-state index >= 15 is 0 Å². The lowest BCUT2D eigenvalue weighted by molar-refractivity contribution is -0.132. The summed E-state index contributed by atoms with van der Waals surface area (Å²) in [6, 6.07) is 13.5. The summed E-state index contributed by atoms with van der Waals surface area (Å²) in [5.41, 5.74) is 1.77. The summed E-state index contributed by atoms with van der Waals surface area (Å²) in [5, 5.41) is 21.8. The van der Waals surface area contributed by atoms with Gasteiger partial charge in [-0.3, -0.25) is 19.5 Å². The number of halogens is 1. The molecule has 1 saturated heterocycles. The van der Waals surface area contributed by atoms with Gasteiger partial charge < -0.3 is 10.2 Å². The molecule has 2 heterocycles. The van der Waals surface area contributed by atoms with Gasteiger partial charge in [0.15, 0.2) is 0 Å². The Kier molecular flexibility index (Phi) is 5.01. The Labute approximate surface area is 177 Å². The molecule has 4 rings (SSSR count). The molecular weight excluding hydrogens is 404 g/mol. The van der Waals surface area contributed by atoms with Gasteiger partial charge in [0.25, 0.3) is 11.7 Å². The minimum absolute atomic E-state index is 0.0885. The molecule has 0 bridgehead atoms. The third kappa shape index (κ3) is 3.31. The van der Waals surface area contributed by atoms with Gasteiger partial charge in [-0.05, 0) is 54.4 Å². The number of aliphatic hydroxyl groups is 1. The van der Waals surface area contributed by atoms with E-state index in [1.165, 1.54) is 29.4 Å². The number of aromatic hydroxyl groups is 1. The third-order valence-corrected chi connectivity index (χ3v) is 5.19. The average Bonchev–Trinajstić information content (AvgIpc) is 3.00. The van der Waals surface area contributed by atoms with E-state index in [2.05, 4.69) is 4.98 Å². The highest BCUT2D eigenvalue weighted by molar-refractivity contribution is 6.52. The van der Waals surface area contributed by atoms with Gasteiger partial charge >= 0.3 is 0 Å². The Hall–Kier alpha value is -3.64. The molecule has 1 amide bonds. The first-order valence-corrected chi connectivity index (χ1v) is 9.52. The van der Waals surface area contributed by atoms with E-state index in [1.807, 2.05) is 6.92 Å². The number of phenols is 1. The van der Waals surface area contributed by atoms with E-state index in [9.17, 15) is 19.8 Å². The molecule has 6 nitrogen and oxygen atoms in total. The van der Waals surface area contributed by atoms with Gasteiger partial charge in [-0.2, -0.15) is 0 Å². The van der Waals surface area contributed by atoms with Crippen LogP contribution >= 0.6 is 11.6 Å². The Morgan fingerprint density at radius 1 is 1.07 bits per heavy atom. The number of nitrogens with zero attached hydrogens (tertiary/aromatic N) is 2. The molecular formula is C23H17ClN2O4. The van der Waals surface area contributed by atoms with E-state index < -0.39 is 17.7 Å². The highest BCUT2D eigenvalue weighted by Crippen LogP contribution is 2.44. The van der Waals surface area contributed by atoms with Crippen LogP contribution in [-0.2, 0) is 9.59 Å². The molecule has 0 radical (unpaired) electrons. The molecule has 150 valence electrons. The summed E-state index contributed by atoms with van der Waals surface area (Å²) >= 11 is 6.04. The van der Waals surface area contributed by atoms with E-state index in [4.69, 9.17) is 11.6 Å². The van der Waals surface area contributed by atoms with Crippen LogP contribution in [0.1, 0.15) is 22.7 Å². The number of anilines is 1. The first-order valence-electron chi connectivity index (χ1n) is 9.15. The van der Waals surface area contributed by atoms with Crippen LogP contribution in [-0.4, -0.2) is 26.9 Å². The fourth-order valence-electron chi connectivity index (χ4n) is 3.56. The molecule has 1 aromatic heterocycles.